The van der Waals surface area contributed by atoms with Gasteiger partial charge in [-0.25, -0.2) is 8.42 Å². The van der Waals surface area contributed by atoms with Crippen LogP contribution in [0.2, 0.25) is 0 Å². The number of aryl methyl sites for hydroxylation is 2. The van der Waals surface area contributed by atoms with Gasteiger partial charge < -0.3 is 14.4 Å². The third-order valence-corrected chi connectivity index (χ3v) is 7.43. The summed E-state index contributed by atoms with van der Waals surface area (Å²) in [5.41, 5.74) is 2.36. The monoisotopic (exact) mass is 432 g/mol. The van der Waals surface area contributed by atoms with Gasteiger partial charge in [-0.2, -0.15) is 9.40 Å². The Morgan fingerprint density at radius 2 is 1.73 bits per heavy atom. The molecule has 0 unspecified atom stereocenters. The van der Waals surface area contributed by atoms with Gasteiger partial charge in [0.25, 0.3) is 0 Å². The third-order valence-electron chi connectivity index (χ3n) is 5.51. The van der Waals surface area contributed by atoms with Gasteiger partial charge in [0.1, 0.15) is 16.4 Å². The maximum absolute atomic E-state index is 13.4. The van der Waals surface area contributed by atoms with E-state index in [1.165, 1.54) is 9.87 Å². The van der Waals surface area contributed by atoms with E-state index >= 15 is 0 Å². The average molecular weight is 433 g/mol. The molecular weight excluding hydrogens is 404 g/mol. The molecule has 1 fully saturated rings. The van der Waals surface area contributed by atoms with Crippen molar-refractivity contribution in [2.45, 2.75) is 38.0 Å². The molecule has 30 heavy (non-hydrogen) atoms. The zero-order valence-electron chi connectivity index (χ0n) is 17.5. The summed E-state index contributed by atoms with van der Waals surface area (Å²) in [6, 6.07) is 7.07. The molecule has 0 amide bonds. The Bertz CT molecular complexity index is 1000. The number of sulfonamides is 1. The van der Waals surface area contributed by atoms with Gasteiger partial charge in [-0.05, 0) is 56.9 Å². The minimum absolute atomic E-state index is 0.154. The maximum Gasteiger partial charge on any atom is 0.247 e. The quantitative estimate of drug-likeness (QED) is 0.663. The highest BCUT2D eigenvalue weighted by Crippen LogP contribution is 2.32. The molecule has 9 heteroatoms. The Hall–Kier alpha value is -2.39. The zero-order chi connectivity index (χ0) is 21.1. The third kappa shape index (κ3) is 4.09. The first-order valence-corrected chi connectivity index (χ1v) is 12.0. The molecule has 2 aromatic rings. The Balaban J connectivity index is 1.52. The molecule has 1 aromatic heterocycles. The topological polar surface area (TPSA) is 84.9 Å². The van der Waals surface area contributed by atoms with Gasteiger partial charge >= 0.3 is 0 Å². The number of hydrogen-bond donors (Lipinski definition) is 0. The SMILES string of the molecule is CCOc1ccc(OCC)c(S(=O)(=O)N2CCN(c3cc4c(nn3)CCC4)CC2)c1. The summed E-state index contributed by atoms with van der Waals surface area (Å²) in [5.74, 6) is 1.71. The molecule has 0 radical (unpaired) electrons. The van der Waals surface area contributed by atoms with E-state index in [1.54, 1.807) is 18.2 Å². The lowest BCUT2D eigenvalue weighted by Crippen LogP contribution is -2.49. The molecule has 162 valence electrons. The molecule has 1 aromatic carbocycles. The molecule has 0 saturated carbocycles. The van der Waals surface area contributed by atoms with Gasteiger partial charge in [-0.1, -0.05) is 0 Å². The van der Waals surface area contributed by atoms with Crippen LogP contribution in [0.15, 0.2) is 29.2 Å². The Labute approximate surface area is 177 Å². The highest BCUT2D eigenvalue weighted by atomic mass is 32.2. The van der Waals surface area contributed by atoms with Crippen LogP contribution in [-0.4, -0.2) is 62.3 Å². The average Bonchev–Trinajstić information content (AvgIpc) is 3.23. The first-order valence-electron chi connectivity index (χ1n) is 10.5. The van der Waals surface area contributed by atoms with E-state index in [-0.39, 0.29) is 4.90 Å². The Morgan fingerprint density at radius 1 is 0.967 bits per heavy atom. The number of anilines is 1. The van der Waals surface area contributed by atoms with E-state index in [4.69, 9.17) is 9.47 Å². The number of piperazine rings is 1. The van der Waals surface area contributed by atoms with Crippen molar-refractivity contribution >= 4 is 15.8 Å². The first kappa shape index (κ1) is 20.9. The number of benzene rings is 1. The van der Waals surface area contributed by atoms with Crippen LogP contribution in [0.4, 0.5) is 5.82 Å². The smallest absolute Gasteiger partial charge is 0.247 e. The standard InChI is InChI=1S/C21H28N4O4S/c1-3-28-17-8-9-19(29-4-2)20(15-17)30(26,27)25-12-10-24(11-13-25)21-14-16-6-5-7-18(16)22-23-21/h8-9,14-15H,3-7,10-13H2,1-2H3. The van der Waals surface area contributed by atoms with Crippen molar-refractivity contribution in [1.82, 2.24) is 14.5 Å². The fourth-order valence-electron chi connectivity index (χ4n) is 3.99. The van der Waals surface area contributed by atoms with Gasteiger partial charge in [-0.3, -0.25) is 0 Å². The van der Waals surface area contributed by atoms with E-state index in [9.17, 15) is 8.42 Å². The summed E-state index contributed by atoms with van der Waals surface area (Å²) in [6.45, 7) is 6.46. The van der Waals surface area contributed by atoms with Gasteiger partial charge in [0.05, 0.1) is 18.9 Å². The molecule has 8 nitrogen and oxygen atoms in total. The summed E-state index contributed by atoms with van der Waals surface area (Å²) in [5, 5.41) is 8.72. The highest BCUT2D eigenvalue weighted by molar-refractivity contribution is 7.89. The summed E-state index contributed by atoms with van der Waals surface area (Å²) >= 11 is 0. The van der Waals surface area contributed by atoms with Crippen molar-refractivity contribution < 1.29 is 17.9 Å². The van der Waals surface area contributed by atoms with Crippen LogP contribution in [0.1, 0.15) is 31.5 Å². The maximum atomic E-state index is 13.4. The normalized spacial score (nSPS) is 17.1. The van der Waals surface area contributed by atoms with Crippen LogP contribution < -0.4 is 14.4 Å². The van der Waals surface area contributed by atoms with E-state index in [0.29, 0.717) is 50.9 Å². The number of fused-ring (bicyclic) bond motifs is 1. The molecule has 0 N–H and O–H groups in total. The van der Waals surface area contributed by atoms with Gasteiger partial charge in [0.15, 0.2) is 5.82 Å². The first-order chi connectivity index (χ1) is 14.5. The minimum Gasteiger partial charge on any atom is -0.494 e. The molecule has 1 aliphatic heterocycles. The molecule has 4 rings (SSSR count). The van der Waals surface area contributed by atoms with Crippen molar-refractivity contribution in [3.63, 3.8) is 0 Å². The van der Waals surface area contributed by atoms with Crippen molar-refractivity contribution in [2.75, 3.05) is 44.3 Å². The zero-order valence-corrected chi connectivity index (χ0v) is 18.3. The lowest BCUT2D eigenvalue weighted by Gasteiger charge is -2.34. The van der Waals surface area contributed by atoms with Crippen LogP contribution >= 0.6 is 0 Å². The van der Waals surface area contributed by atoms with Crippen LogP contribution in [0.25, 0.3) is 0 Å². The lowest BCUT2D eigenvalue weighted by molar-refractivity contribution is 0.319. The van der Waals surface area contributed by atoms with E-state index in [0.717, 1.165) is 30.8 Å². The molecule has 1 aliphatic carbocycles. The van der Waals surface area contributed by atoms with Crippen LogP contribution in [-0.2, 0) is 22.9 Å². The summed E-state index contributed by atoms with van der Waals surface area (Å²) in [4.78, 5) is 2.26. The van der Waals surface area contributed by atoms with Crippen LogP contribution in [0.3, 0.4) is 0 Å². The van der Waals surface area contributed by atoms with Crippen molar-refractivity contribution in [3.05, 3.63) is 35.5 Å². The molecule has 1 saturated heterocycles. The number of rotatable bonds is 7. The minimum atomic E-state index is -3.71. The van der Waals surface area contributed by atoms with Crippen LogP contribution in [0.5, 0.6) is 11.5 Å². The molecule has 0 atom stereocenters. The van der Waals surface area contributed by atoms with E-state index in [2.05, 4.69) is 21.2 Å². The Kier molecular flexibility index (Phi) is 6.10. The number of nitrogens with zero attached hydrogens (tertiary/aromatic N) is 4. The van der Waals surface area contributed by atoms with Crippen LogP contribution in [0, 0.1) is 0 Å². The van der Waals surface area contributed by atoms with E-state index < -0.39 is 10.0 Å². The second-order valence-electron chi connectivity index (χ2n) is 7.39. The number of aromatic nitrogens is 2. The summed E-state index contributed by atoms with van der Waals surface area (Å²) < 4.78 is 39.4. The number of hydrogen-bond acceptors (Lipinski definition) is 7. The predicted molar refractivity (Wildman–Crippen MR) is 114 cm³/mol. The molecule has 0 spiro atoms. The van der Waals surface area contributed by atoms with Gasteiger partial charge in [0, 0.05) is 32.2 Å². The summed E-state index contributed by atoms with van der Waals surface area (Å²) in [6.07, 6.45) is 3.17. The predicted octanol–water partition coefficient (Wildman–Crippen LogP) is 2.27. The fraction of sp³-hybridized carbons (Fsp3) is 0.524. The number of ether oxygens (including phenoxy) is 2. The fourth-order valence-corrected chi connectivity index (χ4v) is 5.56. The molecule has 2 heterocycles. The highest BCUT2D eigenvalue weighted by Gasteiger charge is 2.32. The summed E-state index contributed by atoms with van der Waals surface area (Å²) in [7, 11) is -3.71. The van der Waals surface area contributed by atoms with Crippen molar-refractivity contribution in [2.24, 2.45) is 0 Å². The van der Waals surface area contributed by atoms with E-state index in [1.807, 2.05) is 13.8 Å². The molecule has 0 bridgehead atoms. The van der Waals surface area contributed by atoms with Gasteiger partial charge in [0.2, 0.25) is 10.0 Å². The molecular formula is C21H28N4O4S. The largest absolute Gasteiger partial charge is 0.494 e. The van der Waals surface area contributed by atoms with Gasteiger partial charge in [-0.15, -0.1) is 5.10 Å². The second kappa shape index (κ2) is 8.77. The second-order valence-corrected chi connectivity index (χ2v) is 9.30. The van der Waals surface area contributed by atoms with Crippen molar-refractivity contribution in [3.8, 4) is 11.5 Å². The van der Waals surface area contributed by atoms with Crippen molar-refractivity contribution in [1.29, 1.82) is 0 Å². The lowest BCUT2D eigenvalue weighted by atomic mass is 10.2. The molecule has 2 aliphatic rings. The Morgan fingerprint density at radius 3 is 2.47 bits per heavy atom.